The van der Waals surface area contributed by atoms with E-state index in [2.05, 4.69) is 4.98 Å². The van der Waals surface area contributed by atoms with Crippen LogP contribution in [0.15, 0.2) is 24.5 Å². The molecule has 0 radical (unpaired) electrons. The Balaban J connectivity index is 2.30. The summed E-state index contributed by atoms with van der Waals surface area (Å²) in [7, 11) is 0. The topological polar surface area (TPSA) is 91.9 Å². The molecule has 0 spiro atoms. The van der Waals surface area contributed by atoms with Gasteiger partial charge in [0.15, 0.2) is 5.69 Å². The van der Waals surface area contributed by atoms with Crippen molar-refractivity contribution < 1.29 is 19.8 Å². The number of aromatic carboxylic acids is 1. The van der Waals surface area contributed by atoms with Crippen molar-refractivity contribution in [2.75, 3.05) is 0 Å². The largest absolute Gasteiger partial charge is 0.481 e. The van der Waals surface area contributed by atoms with Crippen LogP contribution in [0, 0.1) is 0 Å². The number of pyridine rings is 1. The molecule has 0 unspecified atom stereocenters. The third-order valence-electron chi connectivity index (χ3n) is 2.36. The lowest BCUT2D eigenvalue weighted by Gasteiger charge is -1.99. The number of nitrogens with zero attached hydrogens (tertiary/aromatic N) is 2. The quantitative estimate of drug-likeness (QED) is 0.824. The average Bonchev–Trinajstić information content (AvgIpc) is 2.69. The summed E-state index contributed by atoms with van der Waals surface area (Å²) < 4.78 is 1.58. The molecule has 2 aromatic rings. The first-order valence-corrected chi connectivity index (χ1v) is 4.99. The van der Waals surface area contributed by atoms with Gasteiger partial charge in [0.25, 0.3) is 0 Å². The molecule has 2 rings (SSSR count). The normalized spacial score (nSPS) is 10.6. The molecule has 6 heteroatoms. The van der Waals surface area contributed by atoms with Crippen molar-refractivity contribution in [1.29, 1.82) is 0 Å². The highest BCUT2D eigenvalue weighted by atomic mass is 16.4. The average molecular weight is 234 g/mol. The number of aliphatic carboxylic acids is 1. The van der Waals surface area contributed by atoms with Crippen LogP contribution in [0.5, 0.6) is 0 Å². The second-order valence-electron chi connectivity index (χ2n) is 3.63. The molecule has 0 aliphatic carbocycles. The summed E-state index contributed by atoms with van der Waals surface area (Å²) in [5.74, 6) is -1.94. The number of carboxylic acid groups (broad SMARTS) is 2. The fraction of sp³-hybridized carbons (Fsp3) is 0.182. The van der Waals surface area contributed by atoms with Crippen LogP contribution in [0.4, 0.5) is 0 Å². The van der Waals surface area contributed by atoms with Crippen LogP contribution < -0.4 is 0 Å². The van der Waals surface area contributed by atoms with Gasteiger partial charge in [-0.25, -0.2) is 9.78 Å². The zero-order valence-corrected chi connectivity index (χ0v) is 8.83. The second kappa shape index (κ2) is 4.25. The minimum absolute atomic E-state index is 0.0274. The van der Waals surface area contributed by atoms with Gasteiger partial charge in [-0.05, 0) is 18.1 Å². The van der Waals surface area contributed by atoms with Gasteiger partial charge in [-0.3, -0.25) is 4.79 Å². The molecule has 0 saturated carbocycles. The molecule has 0 amide bonds. The number of imidazole rings is 1. The van der Waals surface area contributed by atoms with E-state index < -0.39 is 11.9 Å². The molecule has 0 aliphatic rings. The maximum absolute atomic E-state index is 10.7. The molecule has 2 N–H and O–H groups in total. The van der Waals surface area contributed by atoms with Gasteiger partial charge in [0.2, 0.25) is 0 Å². The van der Waals surface area contributed by atoms with Crippen molar-refractivity contribution in [1.82, 2.24) is 9.38 Å². The number of carboxylic acids is 2. The minimum atomic E-state index is -1.08. The first-order valence-electron chi connectivity index (χ1n) is 4.99. The molecule has 0 atom stereocenters. The Morgan fingerprint density at radius 1 is 1.24 bits per heavy atom. The summed E-state index contributed by atoms with van der Waals surface area (Å²) in [6.07, 6.45) is 3.55. The maximum Gasteiger partial charge on any atom is 0.356 e. The van der Waals surface area contributed by atoms with Gasteiger partial charge >= 0.3 is 11.9 Å². The van der Waals surface area contributed by atoms with Gasteiger partial charge in [-0.2, -0.15) is 0 Å². The summed E-state index contributed by atoms with van der Waals surface area (Å²) in [5.41, 5.74) is 1.33. The standard InChI is InChI=1S/C11H10N2O4/c14-10(15)4-2-7-1-3-9-12-8(11(16)17)6-13(9)5-7/h1,3,5-6H,2,4H2,(H,14,15)(H,16,17). The van der Waals surface area contributed by atoms with Crippen LogP contribution in [0.3, 0.4) is 0 Å². The second-order valence-corrected chi connectivity index (χ2v) is 3.63. The molecule has 0 saturated heterocycles. The Morgan fingerprint density at radius 3 is 2.65 bits per heavy atom. The van der Waals surface area contributed by atoms with Gasteiger partial charge in [-0.1, -0.05) is 6.07 Å². The van der Waals surface area contributed by atoms with Gasteiger partial charge in [0.1, 0.15) is 5.65 Å². The maximum atomic E-state index is 10.7. The van der Waals surface area contributed by atoms with Crippen molar-refractivity contribution in [3.63, 3.8) is 0 Å². The lowest BCUT2D eigenvalue weighted by molar-refractivity contribution is -0.136. The van der Waals surface area contributed by atoms with Crippen molar-refractivity contribution in [2.24, 2.45) is 0 Å². The Morgan fingerprint density at radius 2 is 2.00 bits per heavy atom. The number of aromatic nitrogens is 2. The predicted molar refractivity (Wildman–Crippen MR) is 58.1 cm³/mol. The Hall–Kier alpha value is -2.37. The van der Waals surface area contributed by atoms with Crippen LogP contribution in [0.2, 0.25) is 0 Å². The van der Waals surface area contributed by atoms with Crippen LogP contribution in [-0.4, -0.2) is 31.5 Å². The highest BCUT2D eigenvalue weighted by Gasteiger charge is 2.08. The SMILES string of the molecule is O=C(O)CCc1ccc2nc(C(=O)O)cn2c1. The molecule has 88 valence electrons. The summed E-state index contributed by atoms with van der Waals surface area (Å²) >= 11 is 0. The molecule has 2 heterocycles. The molecule has 0 aromatic carbocycles. The molecule has 0 bridgehead atoms. The Bertz CT molecular complexity index is 588. The van der Waals surface area contributed by atoms with Crippen LogP contribution in [0.1, 0.15) is 22.5 Å². The predicted octanol–water partition coefficient (Wildman–Crippen LogP) is 1.05. The molecular weight excluding hydrogens is 224 g/mol. The zero-order chi connectivity index (χ0) is 12.4. The number of hydrogen-bond acceptors (Lipinski definition) is 3. The van der Waals surface area contributed by atoms with Crippen LogP contribution >= 0.6 is 0 Å². The molecule has 6 nitrogen and oxygen atoms in total. The molecule has 17 heavy (non-hydrogen) atoms. The van der Waals surface area contributed by atoms with Crippen molar-refractivity contribution in [3.8, 4) is 0 Å². The summed E-state index contributed by atoms with van der Waals surface area (Å²) in [6, 6.07) is 3.42. The Kier molecular flexibility index (Phi) is 2.78. The van der Waals surface area contributed by atoms with E-state index in [1.54, 1.807) is 22.7 Å². The Labute approximate surface area is 96.1 Å². The van der Waals surface area contributed by atoms with E-state index in [-0.39, 0.29) is 12.1 Å². The van der Waals surface area contributed by atoms with Crippen molar-refractivity contribution in [3.05, 3.63) is 35.8 Å². The molecular formula is C11H10N2O4. The molecule has 2 aromatic heterocycles. The number of carbonyl (C=O) groups is 2. The molecule has 0 fully saturated rings. The number of rotatable bonds is 4. The lowest BCUT2D eigenvalue weighted by Crippen LogP contribution is -1.98. The smallest absolute Gasteiger partial charge is 0.356 e. The zero-order valence-electron chi connectivity index (χ0n) is 8.83. The van der Waals surface area contributed by atoms with E-state index in [1.165, 1.54) is 6.20 Å². The fourth-order valence-corrected chi connectivity index (χ4v) is 1.54. The van der Waals surface area contributed by atoms with E-state index >= 15 is 0 Å². The van der Waals surface area contributed by atoms with Crippen LogP contribution in [0.25, 0.3) is 5.65 Å². The van der Waals surface area contributed by atoms with E-state index in [4.69, 9.17) is 10.2 Å². The highest BCUT2D eigenvalue weighted by molar-refractivity contribution is 5.86. The summed E-state index contributed by atoms with van der Waals surface area (Å²) in [6.45, 7) is 0. The minimum Gasteiger partial charge on any atom is -0.481 e. The van der Waals surface area contributed by atoms with E-state index in [0.29, 0.717) is 12.1 Å². The first kappa shape index (κ1) is 11.1. The van der Waals surface area contributed by atoms with E-state index in [0.717, 1.165) is 5.56 Å². The van der Waals surface area contributed by atoms with Crippen molar-refractivity contribution in [2.45, 2.75) is 12.8 Å². The monoisotopic (exact) mass is 234 g/mol. The van der Waals surface area contributed by atoms with E-state index in [9.17, 15) is 9.59 Å². The fourth-order valence-electron chi connectivity index (χ4n) is 1.54. The third-order valence-corrected chi connectivity index (χ3v) is 2.36. The molecule has 0 aliphatic heterocycles. The van der Waals surface area contributed by atoms with Gasteiger partial charge in [-0.15, -0.1) is 0 Å². The summed E-state index contributed by atoms with van der Waals surface area (Å²) in [5, 5.41) is 17.3. The number of hydrogen-bond donors (Lipinski definition) is 2. The highest BCUT2D eigenvalue weighted by Crippen LogP contribution is 2.09. The van der Waals surface area contributed by atoms with Gasteiger partial charge in [0, 0.05) is 18.8 Å². The number of aryl methyl sites for hydroxylation is 1. The first-order chi connectivity index (χ1) is 8.06. The van der Waals surface area contributed by atoms with E-state index in [1.807, 2.05) is 0 Å². The third kappa shape index (κ3) is 2.41. The van der Waals surface area contributed by atoms with Gasteiger partial charge in [0.05, 0.1) is 0 Å². The lowest BCUT2D eigenvalue weighted by atomic mass is 10.1. The van der Waals surface area contributed by atoms with Crippen molar-refractivity contribution >= 4 is 17.6 Å². The van der Waals surface area contributed by atoms with Crippen LogP contribution in [-0.2, 0) is 11.2 Å². The number of fused-ring (bicyclic) bond motifs is 1. The summed E-state index contributed by atoms with van der Waals surface area (Å²) in [4.78, 5) is 25.0. The van der Waals surface area contributed by atoms with Gasteiger partial charge < -0.3 is 14.6 Å².